The predicted molar refractivity (Wildman–Crippen MR) is 81.2 cm³/mol. The zero-order valence-corrected chi connectivity index (χ0v) is 13.8. The van der Waals surface area contributed by atoms with Crippen molar-refractivity contribution in [1.82, 2.24) is 4.98 Å². The largest absolute Gasteiger partial charge is 0.505 e. The third-order valence-electron chi connectivity index (χ3n) is 2.61. The van der Waals surface area contributed by atoms with Crippen LogP contribution < -0.4 is 5.73 Å². The summed E-state index contributed by atoms with van der Waals surface area (Å²) in [5.74, 6) is -0.0937. The van der Waals surface area contributed by atoms with E-state index in [1.807, 2.05) is 43.4 Å². The highest BCUT2D eigenvalue weighted by atomic mass is 127. The first-order chi connectivity index (χ1) is 8.61. The molecule has 1 rings (SSSR count). The first-order valence-electron chi connectivity index (χ1n) is 5.61. The molecule has 1 unspecified atom stereocenters. The lowest BCUT2D eigenvalue weighted by molar-refractivity contribution is 0.0372. The van der Waals surface area contributed by atoms with Gasteiger partial charge in [-0.3, -0.25) is 0 Å². The Morgan fingerprint density at radius 2 is 2.21 bits per heavy atom. The molecular weight excluding hydrogens is 383 g/mol. The van der Waals surface area contributed by atoms with Gasteiger partial charge in [0.15, 0.2) is 10.9 Å². The summed E-state index contributed by atoms with van der Waals surface area (Å²) in [5, 5.41) is 9.64. The van der Waals surface area contributed by atoms with E-state index in [-0.39, 0.29) is 16.3 Å². The molecule has 0 saturated carbocycles. The van der Waals surface area contributed by atoms with Crippen molar-refractivity contribution in [3.05, 3.63) is 20.5 Å². The maximum absolute atomic E-state index is 11.0. The molecule has 19 heavy (non-hydrogen) atoms. The Balaban J connectivity index is 3.03. The third kappa shape index (κ3) is 4.68. The van der Waals surface area contributed by atoms with E-state index >= 15 is 0 Å². The number of amides is 1. The van der Waals surface area contributed by atoms with Gasteiger partial charge < -0.3 is 15.6 Å². The second-order valence-corrected chi connectivity index (χ2v) is 6.62. The zero-order chi connectivity index (χ0) is 14.8. The molecule has 0 bridgehead atoms. The Kier molecular flexibility index (Phi) is 5.26. The number of aromatic hydroxyl groups is 1. The van der Waals surface area contributed by atoms with Crippen LogP contribution in [0.2, 0.25) is 5.15 Å². The van der Waals surface area contributed by atoms with Gasteiger partial charge in [-0.1, -0.05) is 32.4 Å². The minimum absolute atomic E-state index is 0.0521. The van der Waals surface area contributed by atoms with E-state index in [2.05, 4.69) is 4.98 Å². The average Bonchev–Trinajstić information content (AvgIpc) is 2.22. The highest BCUT2D eigenvalue weighted by molar-refractivity contribution is 14.1. The van der Waals surface area contributed by atoms with Gasteiger partial charge in [0.2, 0.25) is 0 Å². The second kappa shape index (κ2) is 6.13. The van der Waals surface area contributed by atoms with Gasteiger partial charge in [0, 0.05) is 6.42 Å². The van der Waals surface area contributed by atoms with Crippen LogP contribution in [0.1, 0.15) is 26.3 Å². The van der Waals surface area contributed by atoms with Gasteiger partial charge in [-0.15, -0.1) is 0 Å². The normalized spacial score (nSPS) is 13.1. The van der Waals surface area contributed by atoms with E-state index in [0.717, 1.165) is 5.56 Å². The predicted octanol–water partition coefficient (Wildman–Crippen LogP) is 3.10. The SMILES string of the molecule is CC(C)(C)C(Cc1cc(O)c(Cl)nc1I)OC(N)=O. The summed E-state index contributed by atoms with van der Waals surface area (Å²) in [5.41, 5.74) is 5.56. The molecule has 0 saturated heterocycles. The number of rotatable bonds is 3. The van der Waals surface area contributed by atoms with Gasteiger partial charge in [-0.2, -0.15) is 0 Å². The molecule has 0 spiro atoms. The minimum atomic E-state index is -0.818. The van der Waals surface area contributed by atoms with E-state index < -0.39 is 12.2 Å². The quantitative estimate of drug-likeness (QED) is 0.605. The lowest BCUT2D eigenvalue weighted by Gasteiger charge is -2.30. The summed E-state index contributed by atoms with van der Waals surface area (Å²) in [4.78, 5) is 15.0. The first-order valence-corrected chi connectivity index (χ1v) is 7.07. The number of carbonyl (C=O) groups is 1. The highest BCUT2D eigenvalue weighted by Crippen LogP contribution is 2.30. The van der Waals surface area contributed by atoms with Crippen LogP contribution in [0.5, 0.6) is 5.75 Å². The Morgan fingerprint density at radius 3 is 2.68 bits per heavy atom. The molecule has 0 radical (unpaired) electrons. The van der Waals surface area contributed by atoms with Gasteiger partial charge in [0.05, 0.1) is 0 Å². The van der Waals surface area contributed by atoms with Crippen LogP contribution >= 0.6 is 34.2 Å². The Bertz CT molecular complexity index is 489. The fourth-order valence-electron chi connectivity index (χ4n) is 1.51. The number of halogens is 2. The van der Waals surface area contributed by atoms with Crippen LogP contribution in [0.3, 0.4) is 0 Å². The Morgan fingerprint density at radius 1 is 1.63 bits per heavy atom. The Hall–Kier alpha value is -0.760. The van der Waals surface area contributed by atoms with E-state index in [4.69, 9.17) is 22.1 Å². The van der Waals surface area contributed by atoms with Crippen molar-refractivity contribution < 1.29 is 14.6 Å². The molecule has 0 aliphatic heterocycles. The molecule has 5 nitrogen and oxygen atoms in total. The van der Waals surface area contributed by atoms with Crippen LogP contribution in [0, 0.1) is 9.12 Å². The van der Waals surface area contributed by atoms with Crippen molar-refractivity contribution in [3.63, 3.8) is 0 Å². The highest BCUT2D eigenvalue weighted by Gasteiger charge is 2.29. The number of hydrogen-bond acceptors (Lipinski definition) is 4. The van der Waals surface area contributed by atoms with Crippen LogP contribution in [0.25, 0.3) is 0 Å². The van der Waals surface area contributed by atoms with E-state index in [1.54, 1.807) is 0 Å². The maximum Gasteiger partial charge on any atom is 0.404 e. The number of aromatic nitrogens is 1. The molecule has 0 aromatic carbocycles. The number of pyridine rings is 1. The molecule has 106 valence electrons. The van der Waals surface area contributed by atoms with Crippen molar-refractivity contribution in [1.29, 1.82) is 0 Å². The van der Waals surface area contributed by atoms with Crippen LogP contribution in [0.4, 0.5) is 4.79 Å². The standard InChI is InChI=1S/C12H16ClIN2O3/c1-12(2,3)8(19-11(15)18)5-6-4-7(17)9(13)16-10(6)14/h4,8,17H,5H2,1-3H3,(H2,15,18). The van der Waals surface area contributed by atoms with Crippen molar-refractivity contribution in [2.75, 3.05) is 0 Å². The van der Waals surface area contributed by atoms with Gasteiger partial charge in [0.1, 0.15) is 9.80 Å². The number of hydrogen-bond donors (Lipinski definition) is 2. The topological polar surface area (TPSA) is 85.4 Å². The number of nitrogens with two attached hydrogens (primary N) is 1. The van der Waals surface area contributed by atoms with Gasteiger partial charge in [0.25, 0.3) is 0 Å². The maximum atomic E-state index is 11.0. The lowest BCUT2D eigenvalue weighted by atomic mass is 9.85. The molecule has 7 heteroatoms. The Labute approximate surface area is 130 Å². The first kappa shape index (κ1) is 16.3. The molecule has 0 aliphatic rings. The van der Waals surface area contributed by atoms with Gasteiger partial charge in [-0.05, 0) is 39.6 Å². The number of ether oxygens (including phenoxy) is 1. The van der Waals surface area contributed by atoms with E-state index in [1.165, 1.54) is 6.07 Å². The fraction of sp³-hybridized carbons (Fsp3) is 0.500. The average molecular weight is 399 g/mol. The second-order valence-electron chi connectivity index (χ2n) is 5.24. The minimum Gasteiger partial charge on any atom is -0.505 e. The molecular formula is C12H16ClIN2O3. The molecule has 0 fully saturated rings. The summed E-state index contributed by atoms with van der Waals surface area (Å²) in [7, 11) is 0. The number of nitrogens with zero attached hydrogens (tertiary/aromatic N) is 1. The third-order valence-corrected chi connectivity index (χ3v) is 3.83. The summed E-state index contributed by atoms with van der Waals surface area (Å²) in [6, 6.07) is 1.53. The molecule has 3 N–H and O–H groups in total. The van der Waals surface area contributed by atoms with Crippen molar-refractivity contribution in [3.8, 4) is 5.75 Å². The zero-order valence-electron chi connectivity index (χ0n) is 10.9. The molecule has 1 amide bonds. The van der Waals surface area contributed by atoms with Crippen molar-refractivity contribution in [2.45, 2.75) is 33.3 Å². The molecule has 1 heterocycles. The lowest BCUT2D eigenvalue weighted by Crippen LogP contribution is -2.35. The molecule has 1 aromatic rings. The van der Waals surface area contributed by atoms with Crippen molar-refractivity contribution in [2.24, 2.45) is 11.1 Å². The smallest absolute Gasteiger partial charge is 0.404 e. The van der Waals surface area contributed by atoms with Crippen LogP contribution in [0.15, 0.2) is 6.07 Å². The number of carbonyl (C=O) groups excluding carboxylic acids is 1. The summed E-state index contributed by atoms with van der Waals surface area (Å²) in [6.45, 7) is 5.82. The molecule has 1 atom stereocenters. The van der Waals surface area contributed by atoms with E-state index in [0.29, 0.717) is 10.1 Å². The number of primary amides is 1. The summed E-state index contributed by atoms with van der Waals surface area (Å²) < 4.78 is 5.79. The fourth-order valence-corrected chi connectivity index (χ4v) is 2.41. The van der Waals surface area contributed by atoms with E-state index in [9.17, 15) is 9.90 Å². The van der Waals surface area contributed by atoms with Gasteiger partial charge >= 0.3 is 6.09 Å². The van der Waals surface area contributed by atoms with Crippen molar-refractivity contribution >= 4 is 40.3 Å². The van der Waals surface area contributed by atoms with Gasteiger partial charge in [-0.25, -0.2) is 9.78 Å². The molecule has 0 aliphatic carbocycles. The monoisotopic (exact) mass is 398 g/mol. The van der Waals surface area contributed by atoms with Crippen LogP contribution in [-0.4, -0.2) is 22.3 Å². The summed E-state index contributed by atoms with van der Waals surface area (Å²) >= 11 is 7.74. The molecule has 1 aromatic heterocycles. The summed E-state index contributed by atoms with van der Waals surface area (Å²) in [6.07, 6.45) is -0.829. The van der Waals surface area contributed by atoms with Crippen LogP contribution in [-0.2, 0) is 11.2 Å².